The summed E-state index contributed by atoms with van der Waals surface area (Å²) in [5, 5.41) is 8.36. The summed E-state index contributed by atoms with van der Waals surface area (Å²) in [4.78, 5) is 22.5. The molecule has 0 saturated carbocycles. The maximum absolute atomic E-state index is 11.2. The Labute approximate surface area is 77.2 Å². The van der Waals surface area contributed by atoms with Crippen LogP contribution in [-0.2, 0) is 14.3 Å². The highest BCUT2D eigenvalue weighted by atomic mass is 16.5. The van der Waals surface area contributed by atoms with Gasteiger partial charge in [0.05, 0.1) is 12.9 Å². The van der Waals surface area contributed by atoms with Crippen LogP contribution in [0.1, 0.15) is 20.8 Å². The van der Waals surface area contributed by atoms with E-state index in [1.54, 1.807) is 6.92 Å². The SMILES string of the molecule is CCOC(=O)C(C)(C)C(=O)C=CO. The van der Waals surface area contributed by atoms with Crippen LogP contribution in [0, 0.1) is 5.41 Å². The van der Waals surface area contributed by atoms with Gasteiger partial charge < -0.3 is 9.84 Å². The summed E-state index contributed by atoms with van der Waals surface area (Å²) >= 11 is 0. The molecule has 0 spiro atoms. The predicted molar refractivity (Wildman–Crippen MR) is 47.2 cm³/mol. The number of esters is 1. The molecule has 0 saturated heterocycles. The summed E-state index contributed by atoms with van der Waals surface area (Å²) in [5.74, 6) is -1.06. The monoisotopic (exact) mass is 186 g/mol. The summed E-state index contributed by atoms with van der Waals surface area (Å²) in [6.07, 6.45) is 1.56. The van der Waals surface area contributed by atoms with Crippen LogP contribution in [0.3, 0.4) is 0 Å². The van der Waals surface area contributed by atoms with Gasteiger partial charge in [-0.1, -0.05) is 0 Å². The number of ether oxygens (including phenoxy) is 1. The first-order chi connectivity index (χ1) is 5.96. The fourth-order valence-electron chi connectivity index (χ4n) is 0.688. The standard InChI is InChI=1S/C9H14O4/c1-4-13-8(12)9(2,3)7(11)5-6-10/h5-6,10H,4H2,1-3H3. The van der Waals surface area contributed by atoms with Crippen molar-refractivity contribution in [3.05, 3.63) is 12.3 Å². The topological polar surface area (TPSA) is 63.6 Å². The van der Waals surface area contributed by atoms with Crippen LogP contribution in [0.15, 0.2) is 12.3 Å². The van der Waals surface area contributed by atoms with Gasteiger partial charge in [-0.3, -0.25) is 9.59 Å². The Balaban J connectivity index is 4.54. The molecule has 1 N–H and O–H groups in total. The van der Waals surface area contributed by atoms with Crippen molar-refractivity contribution in [2.45, 2.75) is 20.8 Å². The summed E-state index contributed by atoms with van der Waals surface area (Å²) in [7, 11) is 0. The number of hydrogen-bond acceptors (Lipinski definition) is 4. The third-order valence-electron chi connectivity index (χ3n) is 1.63. The van der Waals surface area contributed by atoms with Crippen LogP contribution in [0.5, 0.6) is 0 Å². The normalized spacial score (nSPS) is 11.6. The molecule has 0 aromatic carbocycles. The van der Waals surface area contributed by atoms with Crippen LogP contribution >= 0.6 is 0 Å². The van der Waals surface area contributed by atoms with E-state index in [-0.39, 0.29) is 6.61 Å². The second kappa shape index (κ2) is 4.64. The van der Waals surface area contributed by atoms with Crippen molar-refractivity contribution in [2.24, 2.45) is 5.41 Å². The minimum atomic E-state index is -1.23. The van der Waals surface area contributed by atoms with Crippen molar-refractivity contribution in [3.8, 4) is 0 Å². The van der Waals surface area contributed by atoms with Gasteiger partial charge in [0.1, 0.15) is 5.41 Å². The molecule has 0 unspecified atom stereocenters. The van der Waals surface area contributed by atoms with Crippen LogP contribution in [0.4, 0.5) is 0 Å². The molecule has 13 heavy (non-hydrogen) atoms. The van der Waals surface area contributed by atoms with E-state index >= 15 is 0 Å². The van der Waals surface area contributed by atoms with Crippen molar-refractivity contribution < 1.29 is 19.4 Å². The zero-order valence-electron chi connectivity index (χ0n) is 8.03. The second-order valence-corrected chi connectivity index (χ2v) is 3.03. The van der Waals surface area contributed by atoms with E-state index in [1.807, 2.05) is 0 Å². The number of rotatable bonds is 4. The third kappa shape index (κ3) is 2.89. The Morgan fingerprint density at radius 3 is 2.38 bits per heavy atom. The Kier molecular flexibility index (Phi) is 4.17. The van der Waals surface area contributed by atoms with Gasteiger partial charge in [0.25, 0.3) is 0 Å². The molecule has 0 aliphatic rings. The molecule has 74 valence electrons. The molecule has 0 heterocycles. The zero-order valence-corrected chi connectivity index (χ0v) is 8.03. The maximum atomic E-state index is 11.2. The van der Waals surface area contributed by atoms with Gasteiger partial charge in [-0.15, -0.1) is 0 Å². The van der Waals surface area contributed by atoms with Gasteiger partial charge >= 0.3 is 5.97 Å². The zero-order chi connectivity index (χ0) is 10.5. The van der Waals surface area contributed by atoms with Crippen LogP contribution in [0.2, 0.25) is 0 Å². The molecule has 0 aromatic rings. The third-order valence-corrected chi connectivity index (χ3v) is 1.63. The first-order valence-electron chi connectivity index (χ1n) is 3.99. The van der Waals surface area contributed by atoms with Gasteiger partial charge in [0, 0.05) is 6.08 Å². The largest absolute Gasteiger partial charge is 0.515 e. The minimum absolute atomic E-state index is 0.235. The van der Waals surface area contributed by atoms with Gasteiger partial charge in [0.15, 0.2) is 5.78 Å². The lowest BCUT2D eigenvalue weighted by Gasteiger charge is -2.18. The first-order valence-corrected chi connectivity index (χ1v) is 3.99. The molecular formula is C9H14O4. The molecule has 0 bridgehead atoms. The number of hydrogen-bond donors (Lipinski definition) is 1. The average molecular weight is 186 g/mol. The molecule has 4 nitrogen and oxygen atoms in total. The Morgan fingerprint density at radius 2 is 2.00 bits per heavy atom. The van der Waals surface area contributed by atoms with E-state index in [4.69, 9.17) is 9.84 Å². The Morgan fingerprint density at radius 1 is 1.46 bits per heavy atom. The summed E-state index contributed by atoms with van der Waals surface area (Å²) in [6, 6.07) is 0. The van der Waals surface area contributed by atoms with Gasteiger partial charge in [-0.2, -0.15) is 0 Å². The molecule has 0 amide bonds. The average Bonchev–Trinajstić information content (AvgIpc) is 2.05. The quantitative estimate of drug-likeness (QED) is 0.310. The van der Waals surface area contributed by atoms with E-state index < -0.39 is 17.2 Å². The highest BCUT2D eigenvalue weighted by Gasteiger charge is 2.35. The number of carbonyl (C=O) groups excluding carboxylic acids is 2. The van der Waals surface area contributed by atoms with Crippen molar-refractivity contribution in [3.63, 3.8) is 0 Å². The molecule has 0 radical (unpaired) electrons. The number of aliphatic hydroxyl groups is 1. The van der Waals surface area contributed by atoms with Crippen LogP contribution in [-0.4, -0.2) is 23.5 Å². The fraction of sp³-hybridized carbons (Fsp3) is 0.556. The van der Waals surface area contributed by atoms with Crippen molar-refractivity contribution in [1.82, 2.24) is 0 Å². The molecular weight excluding hydrogens is 172 g/mol. The number of allylic oxidation sites excluding steroid dienone is 1. The van der Waals surface area contributed by atoms with Crippen LogP contribution < -0.4 is 0 Å². The molecule has 0 aliphatic heterocycles. The predicted octanol–water partition coefficient (Wildman–Crippen LogP) is 1.22. The highest BCUT2D eigenvalue weighted by Crippen LogP contribution is 2.19. The summed E-state index contributed by atoms with van der Waals surface area (Å²) < 4.78 is 4.70. The molecule has 4 heteroatoms. The lowest BCUT2D eigenvalue weighted by Crippen LogP contribution is -2.34. The van der Waals surface area contributed by atoms with E-state index in [0.29, 0.717) is 6.26 Å². The van der Waals surface area contributed by atoms with Gasteiger partial charge in [-0.05, 0) is 20.8 Å². The number of ketones is 1. The maximum Gasteiger partial charge on any atom is 0.319 e. The van der Waals surface area contributed by atoms with Crippen molar-refractivity contribution in [1.29, 1.82) is 0 Å². The van der Waals surface area contributed by atoms with E-state index in [0.717, 1.165) is 6.08 Å². The summed E-state index contributed by atoms with van der Waals surface area (Å²) in [5.41, 5.74) is -1.23. The number of carbonyl (C=O) groups is 2. The molecule has 0 atom stereocenters. The van der Waals surface area contributed by atoms with Gasteiger partial charge in [-0.25, -0.2) is 0 Å². The first kappa shape index (κ1) is 11.7. The second-order valence-electron chi connectivity index (χ2n) is 3.03. The smallest absolute Gasteiger partial charge is 0.319 e. The lowest BCUT2D eigenvalue weighted by molar-refractivity contribution is -0.156. The summed E-state index contributed by atoms with van der Waals surface area (Å²) in [6.45, 7) is 4.80. The Hall–Kier alpha value is -1.32. The van der Waals surface area contributed by atoms with E-state index in [9.17, 15) is 9.59 Å². The van der Waals surface area contributed by atoms with Crippen LogP contribution in [0.25, 0.3) is 0 Å². The lowest BCUT2D eigenvalue weighted by atomic mass is 9.88. The fourth-order valence-corrected chi connectivity index (χ4v) is 0.688. The molecule has 0 aliphatic carbocycles. The van der Waals surface area contributed by atoms with E-state index in [1.165, 1.54) is 13.8 Å². The molecule has 0 aromatic heterocycles. The van der Waals surface area contributed by atoms with Crippen molar-refractivity contribution in [2.75, 3.05) is 6.61 Å². The van der Waals surface area contributed by atoms with Gasteiger partial charge in [0.2, 0.25) is 0 Å². The number of aliphatic hydroxyl groups excluding tert-OH is 1. The van der Waals surface area contributed by atoms with E-state index in [2.05, 4.69) is 0 Å². The minimum Gasteiger partial charge on any atom is -0.515 e. The van der Waals surface area contributed by atoms with Crippen molar-refractivity contribution >= 4 is 11.8 Å². The molecule has 0 fully saturated rings. The molecule has 0 rings (SSSR count). The highest BCUT2D eigenvalue weighted by molar-refractivity contribution is 6.08. The Bertz CT molecular complexity index is 228.